The van der Waals surface area contributed by atoms with Crippen molar-refractivity contribution in [3.63, 3.8) is 0 Å². The standard InChI is InChI=1S/C14H12F4N2O/c15-11-4-3-8(6-10(11)14(16,17)18)12(21)7-9-2-1-5-20-13(9)19/h1-6,12,21H,7H2,(H2,19,20). The van der Waals surface area contributed by atoms with Crippen molar-refractivity contribution < 1.29 is 22.7 Å². The summed E-state index contributed by atoms with van der Waals surface area (Å²) in [7, 11) is 0. The molecule has 0 spiro atoms. The van der Waals surface area contributed by atoms with Crippen LogP contribution in [0.25, 0.3) is 0 Å². The van der Waals surface area contributed by atoms with E-state index in [1.54, 1.807) is 12.1 Å². The summed E-state index contributed by atoms with van der Waals surface area (Å²) in [5.41, 5.74) is 4.67. The van der Waals surface area contributed by atoms with E-state index in [1.807, 2.05) is 0 Å². The fourth-order valence-electron chi connectivity index (χ4n) is 1.92. The molecule has 1 aromatic carbocycles. The van der Waals surface area contributed by atoms with Crippen LogP contribution in [0.3, 0.4) is 0 Å². The summed E-state index contributed by atoms with van der Waals surface area (Å²) in [6.07, 6.45) is -4.60. The van der Waals surface area contributed by atoms with Gasteiger partial charge in [0.2, 0.25) is 0 Å². The molecule has 2 rings (SSSR count). The highest BCUT2D eigenvalue weighted by Crippen LogP contribution is 2.33. The summed E-state index contributed by atoms with van der Waals surface area (Å²) >= 11 is 0. The van der Waals surface area contributed by atoms with E-state index in [0.29, 0.717) is 17.7 Å². The van der Waals surface area contributed by atoms with Crippen LogP contribution in [0.2, 0.25) is 0 Å². The number of halogens is 4. The Kier molecular flexibility index (Phi) is 4.13. The first-order chi connectivity index (χ1) is 9.79. The van der Waals surface area contributed by atoms with Crippen LogP contribution in [0.1, 0.15) is 22.8 Å². The molecule has 0 bridgehead atoms. The largest absolute Gasteiger partial charge is 0.419 e. The number of aromatic nitrogens is 1. The molecule has 1 unspecified atom stereocenters. The SMILES string of the molecule is Nc1ncccc1CC(O)c1ccc(F)c(C(F)(F)F)c1. The van der Waals surface area contributed by atoms with E-state index in [1.165, 1.54) is 6.20 Å². The summed E-state index contributed by atoms with van der Waals surface area (Å²) < 4.78 is 51.1. The smallest absolute Gasteiger partial charge is 0.388 e. The highest BCUT2D eigenvalue weighted by molar-refractivity contribution is 5.40. The Hall–Kier alpha value is -2.15. The molecule has 1 aromatic heterocycles. The van der Waals surface area contributed by atoms with E-state index in [0.717, 1.165) is 6.07 Å². The Bertz CT molecular complexity index is 643. The normalized spacial score (nSPS) is 13.2. The van der Waals surface area contributed by atoms with Gasteiger partial charge in [-0.3, -0.25) is 0 Å². The molecule has 0 saturated heterocycles. The fraction of sp³-hybridized carbons (Fsp3) is 0.214. The minimum atomic E-state index is -4.81. The van der Waals surface area contributed by atoms with Gasteiger partial charge in [0.25, 0.3) is 0 Å². The average molecular weight is 300 g/mol. The number of pyridine rings is 1. The summed E-state index contributed by atoms with van der Waals surface area (Å²) in [5, 5.41) is 10.0. The number of alkyl halides is 3. The Morgan fingerprint density at radius 2 is 1.95 bits per heavy atom. The quantitative estimate of drug-likeness (QED) is 0.856. The molecule has 0 saturated carbocycles. The zero-order valence-corrected chi connectivity index (χ0v) is 10.7. The molecular formula is C14H12F4N2O. The average Bonchev–Trinajstić information content (AvgIpc) is 2.40. The highest BCUT2D eigenvalue weighted by atomic mass is 19.4. The van der Waals surface area contributed by atoms with Gasteiger partial charge in [0.05, 0.1) is 11.7 Å². The monoisotopic (exact) mass is 300 g/mol. The lowest BCUT2D eigenvalue weighted by Gasteiger charge is -2.15. The van der Waals surface area contributed by atoms with Crippen LogP contribution in [0.5, 0.6) is 0 Å². The molecule has 0 amide bonds. The van der Waals surface area contributed by atoms with Crippen molar-refractivity contribution in [2.75, 3.05) is 5.73 Å². The summed E-state index contributed by atoms with van der Waals surface area (Å²) in [5.74, 6) is -1.19. The number of hydrogen-bond acceptors (Lipinski definition) is 3. The van der Waals surface area contributed by atoms with Gasteiger partial charge in [-0.1, -0.05) is 12.1 Å². The molecule has 3 nitrogen and oxygen atoms in total. The molecule has 2 aromatic rings. The van der Waals surface area contributed by atoms with Crippen molar-refractivity contribution in [3.8, 4) is 0 Å². The molecule has 0 radical (unpaired) electrons. The second-order valence-corrected chi connectivity index (χ2v) is 4.50. The van der Waals surface area contributed by atoms with Gasteiger partial charge in [-0.15, -0.1) is 0 Å². The predicted molar refractivity (Wildman–Crippen MR) is 68.7 cm³/mol. The number of benzene rings is 1. The van der Waals surface area contributed by atoms with E-state index < -0.39 is 23.7 Å². The first kappa shape index (κ1) is 15.2. The van der Waals surface area contributed by atoms with Crippen molar-refractivity contribution in [3.05, 3.63) is 59.0 Å². The molecule has 1 heterocycles. The summed E-state index contributed by atoms with van der Waals surface area (Å²) in [6.45, 7) is 0. The highest BCUT2D eigenvalue weighted by Gasteiger charge is 2.34. The minimum absolute atomic E-state index is 0.0113. The number of aliphatic hydroxyl groups is 1. The minimum Gasteiger partial charge on any atom is -0.388 e. The molecule has 0 aliphatic heterocycles. The predicted octanol–water partition coefficient (Wildman–Crippen LogP) is 3.10. The van der Waals surface area contributed by atoms with E-state index in [-0.39, 0.29) is 17.8 Å². The van der Waals surface area contributed by atoms with Crippen molar-refractivity contribution in [1.82, 2.24) is 4.98 Å². The Morgan fingerprint density at radius 1 is 1.24 bits per heavy atom. The summed E-state index contributed by atoms with van der Waals surface area (Å²) in [6, 6.07) is 5.62. The molecule has 112 valence electrons. The van der Waals surface area contributed by atoms with Crippen molar-refractivity contribution in [1.29, 1.82) is 0 Å². The lowest BCUT2D eigenvalue weighted by molar-refractivity contribution is -0.140. The van der Waals surface area contributed by atoms with Crippen molar-refractivity contribution in [2.45, 2.75) is 18.7 Å². The zero-order valence-electron chi connectivity index (χ0n) is 10.7. The van der Waals surface area contributed by atoms with Gasteiger partial charge in [0, 0.05) is 12.6 Å². The van der Waals surface area contributed by atoms with Crippen LogP contribution >= 0.6 is 0 Å². The zero-order chi connectivity index (χ0) is 15.6. The Balaban J connectivity index is 2.28. The molecule has 21 heavy (non-hydrogen) atoms. The van der Waals surface area contributed by atoms with Crippen LogP contribution < -0.4 is 5.73 Å². The number of aliphatic hydroxyl groups excluding tert-OH is 1. The van der Waals surface area contributed by atoms with Crippen LogP contribution in [0.15, 0.2) is 36.5 Å². The first-order valence-electron chi connectivity index (χ1n) is 6.03. The van der Waals surface area contributed by atoms with E-state index in [9.17, 15) is 22.7 Å². The molecule has 3 N–H and O–H groups in total. The molecule has 1 atom stereocenters. The number of anilines is 1. The van der Waals surface area contributed by atoms with Gasteiger partial charge in [0.1, 0.15) is 11.6 Å². The molecular weight excluding hydrogens is 288 g/mol. The number of nitrogens with zero attached hydrogens (tertiary/aromatic N) is 1. The van der Waals surface area contributed by atoms with Crippen molar-refractivity contribution in [2.24, 2.45) is 0 Å². The van der Waals surface area contributed by atoms with Crippen LogP contribution in [0.4, 0.5) is 23.4 Å². The topological polar surface area (TPSA) is 59.1 Å². The molecule has 0 aliphatic carbocycles. The van der Waals surface area contributed by atoms with E-state index >= 15 is 0 Å². The fourth-order valence-corrected chi connectivity index (χ4v) is 1.92. The third-order valence-corrected chi connectivity index (χ3v) is 3.02. The van der Waals surface area contributed by atoms with Crippen LogP contribution in [-0.2, 0) is 12.6 Å². The van der Waals surface area contributed by atoms with Gasteiger partial charge in [-0.2, -0.15) is 13.2 Å². The first-order valence-corrected chi connectivity index (χ1v) is 6.03. The van der Waals surface area contributed by atoms with Gasteiger partial charge in [-0.25, -0.2) is 9.37 Å². The van der Waals surface area contributed by atoms with Crippen LogP contribution in [0, 0.1) is 5.82 Å². The number of nitrogens with two attached hydrogens (primary N) is 1. The Morgan fingerprint density at radius 3 is 2.57 bits per heavy atom. The maximum Gasteiger partial charge on any atom is 0.419 e. The third-order valence-electron chi connectivity index (χ3n) is 3.02. The van der Waals surface area contributed by atoms with E-state index in [2.05, 4.69) is 4.98 Å². The third kappa shape index (κ3) is 3.49. The lowest BCUT2D eigenvalue weighted by Crippen LogP contribution is -2.11. The second-order valence-electron chi connectivity index (χ2n) is 4.50. The molecule has 0 fully saturated rings. The Labute approximate surface area is 118 Å². The van der Waals surface area contributed by atoms with E-state index in [4.69, 9.17) is 5.73 Å². The van der Waals surface area contributed by atoms with Crippen LogP contribution in [-0.4, -0.2) is 10.1 Å². The maximum atomic E-state index is 13.2. The molecule has 7 heteroatoms. The summed E-state index contributed by atoms with van der Waals surface area (Å²) in [4.78, 5) is 3.82. The second kappa shape index (κ2) is 5.69. The van der Waals surface area contributed by atoms with Gasteiger partial charge >= 0.3 is 6.18 Å². The lowest BCUT2D eigenvalue weighted by atomic mass is 9.99. The maximum absolute atomic E-state index is 13.2. The molecule has 0 aliphatic rings. The van der Waals surface area contributed by atoms with Gasteiger partial charge in [-0.05, 0) is 29.3 Å². The van der Waals surface area contributed by atoms with Gasteiger partial charge in [0.15, 0.2) is 0 Å². The number of rotatable bonds is 3. The van der Waals surface area contributed by atoms with Gasteiger partial charge < -0.3 is 10.8 Å². The number of hydrogen-bond donors (Lipinski definition) is 2. The van der Waals surface area contributed by atoms with Crippen molar-refractivity contribution >= 4 is 5.82 Å². The number of nitrogen functional groups attached to an aromatic ring is 1.